The van der Waals surface area contributed by atoms with Gasteiger partial charge < -0.3 is 5.73 Å². The quantitative estimate of drug-likeness (QED) is 0.785. The van der Waals surface area contributed by atoms with E-state index in [9.17, 15) is 4.79 Å². The first kappa shape index (κ1) is 12.6. The lowest BCUT2D eigenvalue weighted by Gasteiger charge is -2.26. The van der Waals surface area contributed by atoms with Crippen LogP contribution in [0.4, 0.5) is 5.95 Å². The van der Waals surface area contributed by atoms with E-state index in [4.69, 9.17) is 5.73 Å². The summed E-state index contributed by atoms with van der Waals surface area (Å²) >= 11 is 0. The summed E-state index contributed by atoms with van der Waals surface area (Å²) in [7, 11) is 1.71. The van der Waals surface area contributed by atoms with Gasteiger partial charge in [0.15, 0.2) is 0 Å². The fourth-order valence-corrected chi connectivity index (χ4v) is 1.09. The van der Waals surface area contributed by atoms with Gasteiger partial charge in [0, 0.05) is 19.5 Å². The van der Waals surface area contributed by atoms with Crippen LogP contribution in [0.2, 0.25) is 0 Å². The molecule has 0 aliphatic carbocycles. The second-order valence-electron chi connectivity index (χ2n) is 4.93. The zero-order valence-electron chi connectivity index (χ0n) is 10.2. The highest BCUT2D eigenvalue weighted by Gasteiger charge is 2.23. The van der Waals surface area contributed by atoms with Crippen LogP contribution in [0.5, 0.6) is 0 Å². The van der Waals surface area contributed by atoms with Crippen molar-refractivity contribution in [3.05, 3.63) is 6.33 Å². The van der Waals surface area contributed by atoms with Crippen LogP contribution in [-0.4, -0.2) is 26.7 Å². The van der Waals surface area contributed by atoms with Gasteiger partial charge in [-0.25, -0.2) is 4.68 Å². The lowest BCUT2D eigenvalue weighted by atomic mass is 9.85. The van der Waals surface area contributed by atoms with Crippen LogP contribution in [0.25, 0.3) is 0 Å². The topological polar surface area (TPSA) is 85.8 Å². The molecule has 0 aliphatic rings. The molecule has 1 aromatic heterocycles. The van der Waals surface area contributed by atoms with Gasteiger partial charge in [0.05, 0.1) is 0 Å². The Balaban J connectivity index is 2.52. The minimum atomic E-state index is -0.180. The average molecular weight is 225 g/mol. The van der Waals surface area contributed by atoms with Crippen molar-refractivity contribution in [3.63, 3.8) is 0 Å². The number of amides is 1. The van der Waals surface area contributed by atoms with Gasteiger partial charge in [-0.15, -0.1) is 0 Å². The van der Waals surface area contributed by atoms with Gasteiger partial charge in [-0.3, -0.25) is 10.1 Å². The molecule has 0 spiro atoms. The third-order valence-electron chi connectivity index (χ3n) is 2.48. The Morgan fingerprint density at radius 1 is 1.62 bits per heavy atom. The van der Waals surface area contributed by atoms with E-state index < -0.39 is 0 Å². The third kappa shape index (κ3) is 3.30. The first-order valence-corrected chi connectivity index (χ1v) is 5.20. The van der Waals surface area contributed by atoms with Crippen LogP contribution in [0.3, 0.4) is 0 Å². The van der Waals surface area contributed by atoms with Crippen molar-refractivity contribution >= 4 is 11.9 Å². The number of anilines is 1. The summed E-state index contributed by atoms with van der Waals surface area (Å²) in [5.41, 5.74) is 5.83. The Kier molecular flexibility index (Phi) is 3.64. The van der Waals surface area contributed by atoms with E-state index in [0.717, 1.165) is 0 Å². The SMILES string of the molecule is Cn1ncnc1NC(=O)CC(N)C(C)(C)C. The lowest BCUT2D eigenvalue weighted by molar-refractivity contribution is -0.117. The van der Waals surface area contributed by atoms with Crippen molar-refractivity contribution in [3.8, 4) is 0 Å². The maximum Gasteiger partial charge on any atom is 0.228 e. The first-order chi connectivity index (χ1) is 7.30. The van der Waals surface area contributed by atoms with Gasteiger partial charge in [-0.1, -0.05) is 20.8 Å². The van der Waals surface area contributed by atoms with Gasteiger partial charge in [-0.05, 0) is 5.41 Å². The molecule has 0 saturated heterocycles. The van der Waals surface area contributed by atoms with Crippen LogP contribution in [-0.2, 0) is 11.8 Å². The summed E-state index contributed by atoms with van der Waals surface area (Å²) in [5.74, 6) is 0.296. The number of rotatable bonds is 3. The van der Waals surface area contributed by atoms with Crippen LogP contribution in [0.15, 0.2) is 6.33 Å². The Morgan fingerprint density at radius 3 is 2.69 bits per heavy atom. The monoisotopic (exact) mass is 225 g/mol. The molecule has 1 heterocycles. The Morgan fingerprint density at radius 2 is 2.25 bits per heavy atom. The van der Waals surface area contributed by atoms with Crippen molar-refractivity contribution in [1.29, 1.82) is 0 Å². The van der Waals surface area contributed by atoms with Gasteiger partial charge in [-0.2, -0.15) is 10.1 Å². The number of hydrogen-bond acceptors (Lipinski definition) is 4. The summed E-state index contributed by atoms with van der Waals surface area (Å²) in [6, 6.07) is -0.180. The largest absolute Gasteiger partial charge is 0.327 e. The summed E-state index contributed by atoms with van der Waals surface area (Å²) < 4.78 is 1.50. The Bertz CT molecular complexity index is 366. The van der Waals surface area contributed by atoms with Crippen molar-refractivity contribution in [1.82, 2.24) is 14.8 Å². The molecular formula is C10H19N5O. The van der Waals surface area contributed by atoms with Crippen LogP contribution < -0.4 is 11.1 Å². The third-order valence-corrected chi connectivity index (χ3v) is 2.48. The molecule has 1 unspecified atom stereocenters. The highest BCUT2D eigenvalue weighted by Crippen LogP contribution is 2.19. The van der Waals surface area contributed by atoms with Crippen molar-refractivity contribution in [2.75, 3.05) is 5.32 Å². The molecule has 0 fully saturated rings. The molecule has 6 heteroatoms. The highest BCUT2D eigenvalue weighted by molar-refractivity contribution is 5.89. The molecule has 0 aromatic carbocycles. The Hall–Kier alpha value is -1.43. The number of hydrogen-bond donors (Lipinski definition) is 2. The van der Waals surface area contributed by atoms with Crippen LogP contribution in [0, 0.1) is 5.41 Å². The maximum atomic E-state index is 11.6. The minimum absolute atomic E-state index is 0.0861. The molecule has 90 valence electrons. The summed E-state index contributed by atoms with van der Waals surface area (Å²) in [4.78, 5) is 15.6. The van der Waals surface area contributed by atoms with E-state index in [1.54, 1.807) is 7.05 Å². The summed E-state index contributed by atoms with van der Waals surface area (Å²) in [6.45, 7) is 6.02. The summed E-state index contributed by atoms with van der Waals surface area (Å²) in [6.07, 6.45) is 1.66. The van der Waals surface area contributed by atoms with Crippen LogP contribution in [0.1, 0.15) is 27.2 Å². The van der Waals surface area contributed by atoms with Crippen LogP contribution >= 0.6 is 0 Å². The van der Waals surface area contributed by atoms with Gasteiger partial charge in [0.25, 0.3) is 0 Å². The maximum absolute atomic E-state index is 11.6. The molecule has 1 amide bonds. The van der Waals surface area contributed by atoms with Gasteiger partial charge in [0.1, 0.15) is 6.33 Å². The van der Waals surface area contributed by atoms with Crippen molar-refractivity contribution in [2.45, 2.75) is 33.2 Å². The number of carbonyl (C=O) groups is 1. The molecule has 0 radical (unpaired) electrons. The molecule has 16 heavy (non-hydrogen) atoms. The molecule has 1 aromatic rings. The van der Waals surface area contributed by atoms with E-state index in [1.807, 2.05) is 20.8 Å². The second kappa shape index (κ2) is 4.61. The standard InChI is InChI=1S/C10H19N5O/c1-10(2,3)7(11)5-8(16)14-9-12-6-13-15(9)4/h6-7H,5,11H2,1-4H3,(H,12,13,14,16). The number of carbonyl (C=O) groups excluding carboxylic acids is 1. The predicted octanol–water partition coefficient (Wildman–Crippen LogP) is 0.517. The number of nitrogens with two attached hydrogens (primary N) is 1. The smallest absolute Gasteiger partial charge is 0.228 e. The molecule has 0 aliphatic heterocycles. The zero-order valence-corrected chi connectivity index (χ0v) is 10.2. The molecule has 1 rings (SSSR count). The normalized spacial score (nSPS) is 13.6. The van der Waals surface area contributed by atoms with E-state index in [2.05, 4.69) is 15.4 Å². The van der Waals surface area contributed by atoms with Gasteiger partial charge >= 0.3 is 0 Å². The number of aryl methyl sites for hydroxylation is 1. The number of aromatic nitrogens is 3. The van der Waals surface area contributed by atoms with Gasteiger partial charge in [0.2, 0.25) is 11.9 Å². The Labute approximate surface area is 95.2 Å². The van der Waals surface area contributed by atoms with Crippen molar-refractivity contribution in [2.24, 2.45) is 18.2 Å². The van der Waals surface area contributed by atoms with E-state index >= 15 is 0 Å². The first-order valence-electron chi connectivity index (χ1n) is 5.20. The highest BCUT2D eigenvalue weighted by atomic mass is 16.1. The number of nitrogens with one attached hydrogen (secondary N) is 1. The van der Waals surface area contributed by atoms with E-state index in [0.29, 0.717) is 5.95 Å². The molecule has 0 bridgehead atoms. The second-order valence-corrected chi connectivity index (χ2v) is 4.93. The molecular weight excluding hydrogens is 206 g/mol. The molecule has 6 nitrogen and oxygen atoms in total. The van der Waals surface area contributed by atoms with Crippen molar-refractivity contribution < 1.29 is 4.79 Å². The zero-order chi connectivity index (χ0) is 12.3. The minimum Gasteiger partial charge on any atom is -0.327 e. The predicted molar refractivity (Wildman–Crippen MR) is 61.7 cm³/mol. The number of nitrogens with zero attached hydrogens (tertiary/aromatic N) is 3. The summed E-state index contributed by atoms with van der Waals surface area (Å²) in [5, 5.41) is 6.52. The fourth-order valence-electron chi connectivity index (χ4n) is 1.09. The molecule has 3 N–H and O–H groups in total. The lowest BCUT2D eigenvalue weighted by Crippen LogP contribution is -2.38. The average Bonchev–Trinajstić information content (AvgIpc) is 2.50. The van der Waals surface area contributed by atoms with E-state index in [1.165, 1.54) is 11.0 Å². The fraction of sp³-hybridized carbons (Fsp3) is 0.700. The molecule has 0 saturated carbocycles. The molecule has 1 atom stereocenters. The van der Waals surface area contributed by atoms with E-state index in [-0.39, 0.29) is 23.8 Å².